The maximum Gasteiger partial charge on any atom is 0.290 e. The zero-order valence-electron chi connectivity index (χ0n) is 25.8. The first-order valence-electron chi connectivity index (χ1n) is 14.1. The van der Waals surface area contributed by atoms with Gasteiger partial charge in [-0.1, -0.05) is 32.9 Å². The van der Waals surface area contributed by atoms with E-state index in [1.807, 2.05) is 33.8 Å². The number of nitrogens with zero attached hydrogens (tertiary/aromatic N) is 5. The van der Waals surface area contributed by atoms with Gasteiger partial charge in [-0.3, -0.25) is 9.59 Å². The van der Waals surface area contributed by atoms with Gasteiger partial charge in [0.05, 0.1) is 34.8 Å². The number of halogens is 1. The minimum Gasteiger partial charge on any atom is -0.489 e. The van der Waals surface area contributed by atoms with Crippen LogP contribution < -0.4 is 21.2 Å². The van der Waals surface area contributed by atoms with Crippen LogP contribution in [-0.4, -0.2) is 41.9 Å². The van der Waals surface area contributed by atoms with Crippen LogP contribution in [-0.2, 0) is 12.5 Å². The molecular weight excluding hydrogens is 563 g/mol. The lowest BCUT2D eigenvalue weighted by molar-refractivity contribution is 0.0284. The van der Waals surface area contributed by atoms with Crippen molar-refractivity contribution in [2.75, 3.05) is 11.9 Å². The van der Waals surface area contributed by atoms with Gasteiger partial charge in [0, 0.05) is 18.0 Å². The summed E-state index contributed by atoms with van der Waals surface area (Å²) in [5, 5.41) is 22.2. The Hall–Kier alpha value is -4.90. The third-order valence-corrected chi connectivity index (χ3v) is 7.17. The highest BCUT2D eigenvalue weighted by Gasteiger charge is 2.20. The van der Waals surface area contributed by atoms with E-state index in [9.17, 15) is 14.7 Å². The van der Waals surface area contributed by atoms with Crippen LogP contribution in [0.25, 0.3) is 27.7 Å². The van der Waals surface area contributed by atoms with E-state index in [0.717, 1.165) is 5.56 Å². The summed E-state index contributed by atoms with van der Waals surface area (Å²) in [7, 11) is 1.54. The fourth-order valence-electron chi connectivity index (χ4n) is 4.74. The summed E-state index contributed by atoms with van der Waals surface area (Å²) in [6.07, 6.45) is 3.00. The van der Waals surface area contributed by atoms with Crippen molar-refractivity contribution >= 4 is 22.3 Å². The van der Waals surface area contributed by atoms with E-state index in [1.54, 1.807) is 57.3 Å². The average molecular weight is 599 g/mol. The summed E-state index contributed by atoms with van der Waals surface area (Å²) in [6.45, 7) is 11.1. The molecule has 0 atom stereocenters. The first-order valence-corrected chi connectivity index (χ1v) is 14.1. The van der Waals surface area contributed by atoms with Crippen LogP contribution >= 0.6 is 0 Å². The third-order valence-electron chi connectivity index (χ3n) is 7.17. The van der Waals surface area contributed by atoms with Crippen molar-refractivity contribution in [1.82, 2.24) is 24.5 Å². The largest absolute Gasteiger partial charge is 0.489 e. The molecule has 0 spiro atoms. The smallest absolute Gasteiger partial charge is 0.290 e. The number of anilines is 2. The molecule has 228 valence electrons. The average Bonchev–Trinajstić information content (AvgIpc) is 2.94. The summed E-state index contributed by atoms with van der Waals surface area (Å²) in [5.41, 5.74) is 1.03. The van der Waals surface area contributed by atoms with Crippen LogP contribution in [0.15, 0.2) is 70.5 Å². The lowest BCUT2D eigenvalue weighted by Gasteiger charge is -2.20. The van der Waals surface area contributed by atoms with Crippen molar-refractivity contribution in [3.05, 3.63) is 98.6 Å². The lowest BCUT2D eigenvalue weighted by atomic mass is 9.86. The van der Waals surface area contributed by atoms with Gasteiger partial charge < -0.3 is 15.2 Å². The molecule has 0 aliphatic heterocycles. The van der Waals surface area contributed by atoms with Crippen molar-refractivity contribution < 1.29 is 14.2 Å². The predicted molar refractivity (Wildman–Crippen MR) is 169 cm³/mol. The predicted octanol–water partition coefficient (Wildman–Crippen LogP) is 5.18. The molecule has 11 heteroatoms. The van der Waals surface area contributed by atoms with Crippen molar-refractivity contribution in [2.24, 2.45) is 7.05 Å². The highest BCUT2D eigenvalue weighted by Crippen LogP contribution is 2.29. The Kier molecular flexibility index (Phi) is 7.85. The van der Waals surface area contributed by atoms with Crippen molar-refractivity contribution in [3.63, 3.8) is 0 Å². The van der Waals surface area contributed by atoms with Gasteiger partial charge in [0.25, 0.3) is 11.1 Å². The number of rotatable bonds is 7. The SMILES string of the molecule is Cc1c(-c2cc(Nc3ccc(OCC(C)(C)O)cn3)c(=O)n(C)n2)cccc1-n1ncc2cc(C(C)(C)C)cc(F)c2c1=O. The molecule has 0 amide bonds. The number of aryl methyl sites for hydroxylation is 1. The second kappa shape index (κ2) is 11.3. The number of benzene rings is 2. The number of hydrogen-bond acceptors (Lipinski definition) is 8. The molecule has 5 rings (SSSR count). The number of pyridine rings is 1. The molecule has 10 nitrogen and oxygen atoms in total. The standard InChI is InChI=1S/C33H35FN6O4/c1-19-23(9-8-10-27(19)40-31(42)29-20(16-36-40)13-21(14-24(29)34)32(2,3)4)25-15-26(30(41)39(7)38-25)37-28-12-11-22(17-35-28)44-18-33(5,6)43/h8-17,43H,18H2,1-7H3,(H,35,37). The number of hydrogen-bond donors (Lipinski definition) is 2. The number of fused-ring (bicyclic) bond motifs is 1. The van der Waals surface area contributed by atoms with Gasteiger partial charge in [-0.25, -0.2) is 14.1 Å². The maximum absolute atomic E-state index is 15.3. The minimum atomic E-state index is -0.990. The third kappa shape index (κ3) is 6.23. The molecule has 2 aromatic carbocycles. The van der Waals surface area contributed by atoms with Crippen LogP contribution in [0, 0.1) is 12.7 Å². The molecule has 3 heterocycles. The summed E-state index contributed by atoms with van der Waals surface area (Å²) in [4.78, 5) is 30.8. The summed E-state index contributed by atoms with van der Waals surface area (Å²) in [6, 6.07) is 13.5. The van der Waals surface area contributed by atoms with Gasteiger partial charge in [-0.2, -0.15) is 14.9 Å². The maximum atomic E-state index is 15.3. The molecule has 0 unspecified atom stereocenters. The molecular formula is C33H35FN6O4. The number of aliphatic hydroxyl groups is 1. The van der Waals surface area contributed by atoms with Crippen LogP contribution in [0.2, 0.25) is 0 Å². The molecule has 0 saturated heterocycles. The van der Waals surface area contributed by atoms with Gasteiger partial charge >= 0.3 is 0 Å². The second-order valence-corrected chi connectivity index (χ2v) is 12.5. The Balaban J connectivity index is 1.51. The van der Waals surface area contributed by atoms with Crippen LogP contribution in [0.3, 0.4) is 0 Å². The van der Waals surface area contributed by atoms with Crippen molar-refractivity contribution in [1.29, 1.82) is 0 Å². The summed E-state index contributed by atoms with van der Waals surface area (Å²) in [5.74, 6) is 0.285. The van der Waals surface area contributed by atoms with E-state index < -0.39 is 17.0 Å². The molecule has 44 heavy (non-hydrogen) atoms. The highest BCUT2D eigenvalue weighted by atomic mass is 19.1. The monoisotopic (exact) mass is 598 g/mol. The van der Waals surface area contributed by atoms with Crippen LogP contribution in [0.5, 0.6) is 5.75 Å². The molecule has 0 saturated carbocycles. The van der Waals surface area contributed by atoms with Gasteiger partial charge in [-0.05, 0) is 73.7 Å². The normalized spacial score (nSPS) is 12.0. The Labute approximate surface area is 253 Å². The lowest BCUT2D eigenvalue weighted by Crippen LogP contribution is -2.27. The van der Waals surface area contributed by atoms with E-state index in [0.29, 0.717) is 39.5 Å². The Morgan fingerprint density at radius 2 is 1.75 bits per heavy atom. The van der Waals surface area contributed by atoms with Crippen LogP contribution in [0.4, 0.5) is 15.9 Å². The van der Waals surface area contributed by atoms with E-state index in [1.165, 1.54) is 27.8 Å². The second-order valence-electron chi connectivity index (χ2n) is 12.5. The molecule has 5 aromatic rings. The molecule has 2 N–H and O–H groups in total. The quantitative estimate of drug-likeness (QED) is 0.263. The van der Waals surface area contributed by atoms with Gasteiger partial charge in [0.1, 0.15) is 29.7 Å². The molecule has 3 aromatic heterocycles. The van der Waals surface area contributed by atoms with Crippen LogP contribution in [0.1, 0.15) is 45.7 Å². The summed E-state index contributed by atoms with van der Waals surface area (Å²) >= 11 is 0. The Morgan fingerprint density at radius 3 is 2.41 bits per heavy atom. The molecule has 0 bridgehead atoms. The van der Waals surface area contributed by atoms with E-state index >= 15 is 4.39 Å². The van der Waals surface area contributed by atoms with E-state index in [2.05, 4.69) is 20.5 Å². The van der Waals surface area contributed by atoms with Gasteiger partial charge in [-0.15, -0.1) is 0 Å². The molecule has 0 fully saturated rings. The number of aromatic nitrogens is 5. The Morgan fingerprint density at radius 1 is 1.00 bits per heavy atom. The fraction of sp³-hybridized carbons (Fsp3) is 0.303. The Bertz CT molecular complexity index is 1990. The highest BCUT2D eigenvalue weighted by molar-refractivity contribution is 5.83. The van der Waals surface area contributed by atoms with Gasteiger partial charge in [0.15, 0.2) is 0 Å². The van der Waals surface area contributed by atoms with E-state index in [4.69, 9.17) is 4.74 Å². The number of ether oxygens (including phenoxy) is 1. The first kappa shape index (κ1) is 30.6. The minimum absolute atomic E-state index is 0.0338. The molecule has 0 aliphatic carbocycles. The zero-order chi connectivity index (χ0) is 32.0. The molecule has 0 radical (unpaired) electrons. The van der Waals surface area contributed by atoms with Crippen molar-refractivity contribution in [3.8, 4) is 22.7 Å². The topological polar surface area (TPSA) is 124 Å². The summed E-state index contributed by atoms with van der Waals surface area (Å²) < 4.78 is 23.2. The van der Waals surface area contributed by atoms with E-state index in [-0.39, 0.29) is 28.7 Å². The zero-order valence-corrected chi connectivity index (χ0v) is 25.8. The van der Waals surface area contributed by atoms with Crippen molar-refractivity contribution in [2.45, 2.75) is 52.6 Å². The fourth-order valence-corrected chi connectivity index (χ4v) is 4.74. The number of nitrogens with one attached hydrogen (secondary N) is 1. The molecule has 0 aliphatic rings. The first-order chi connectivity index (χ1) is 20.6. The van der Waals surface area contributed by atoms with Gasteiger partial charge in [0.2, 0.25) is 0 Å².